The Balaban J connectivity index is 1.50. The van der Waals surface area contributed by atoms with Crippen LogP contribution in [-0.4, -0.2) is 25.5 Å². The number of amides is 1. The van der Waals surface area contributed by atoms with Crippen molar-refractivity contribution in [3.05, 3.63) is 64.7 Å². The highest BCUT2D eigenvalue weighted by atomic mass is 35.5. The summed E-state index contributed by atoms with van der Waals surface area (Å²) in [6.07, 6.45) is 2.96. The van der Waals surface area contributed by atoms with Crippen molar-refractivity contribution in [2.75, 3.05) is 24.5 Å². The Kier molecular flexibility index (Phi) is 5.31. The van der Waals surface area contributed by atoms with Crippen molar-refractivity contribution < 1.29 is 4.79 Å². The number of aryl methyl sites for hydroxylation is 1. The van der Waals surface area contributed by atoms with Crippen LogP contribution in [-0.2, 0) is 17.6 Å². The molecule has 4 heteroatoms. The Morgan fingerprint density at radius 2 is 2.04 bits per heavy atom. The molecule has 0 unspecified atom stereocenters. The standard InChI is InChI=1S/C19H21ClN2O/c20-17-8-3-5-15(13-17)10-11-21-14-19(23)22-12-4-7-16-6-1-2-9-18(16)22/h1-3,5-6,8-9,13,21H,4,7,10-12,14H2. The molecule has 3 nitrogen and oxygen atoms in total. The lowest BCUT2D eigenvalue weighted by Gasteiger charge is -2.29. The Morgan fingerprint density at radius 1 is 1.17 bits per heavy atom. The number of hydrogen-bond acceptors (Lipinski definition) is 2. The molecule has 2 aromatic carbocycles. The summed E-state index contributed by atoms with van der Waals surface area (Å²) in [5.74, 6) is 0.142. The van der Waals surface area contributed by atoms with Gasteiger partial charge in [0.25, 0.3) is 0 Å². The van der Waals surface area contributed by atoms with Gasteiger partial charge in [-0.2, -0.15) is 0 Å². The van der Waals surface area contributed by atoms with Crippen LogP contribution in [0.15, 0.2) is 48.5 Å². The zero-order valence-electron chi connectivity index (χ0n) is 13.1. The summed E-state index contributed by atoms with van der Waals surface area (Å²) >= 11 is 5.98. The average molecular weight is 329 g/mol. The minimum absolute atomic E-state index is 0.142. The topological polar surface area (TPSA) is 32.3 Å². The number of para-hydroxylation sites is 1. The van der Waals surface area contributed by atoms with Crippen molar-refractivity contribution in [2.24, 2.45) is 0 Å². The first-order valence-corrected chi connectivity index (χ1v) is 8.45. The van der Waals surface area contributed by atoms with Crippen molar-refractivity contribution in [3.8, 4) is 0 Å². The third-order valence-electron chi connectivity index (χ3n) is 4.17. The molecule has 0 bridgehead atoms. The number of benzene rings is 2. The predicted octanol–water partition coefficient (Wildman–Crippen LogP) is 3.45. The quantitative estimate of drug-likeness (QED) is 0.853. The minimum atomic E-state index is 0.142. The van der Waals surface area contributed by atoms with Gasteiger partial charge in [-0.25, -0.2) is 0 Å². The Morgan fingerprint density at radius 3 is 2.91 bits per heavy atom. The molecule has 0 aliphatic carbocycles. The normalized spacial score (nSPS) is 13.7. The summed E-state index contributed by atoms with van der Waals surface area (Å²) in [5, 5.41) is 4.00. The number of nitrogens with one attached hydrogen (secondary N) is 1. The van der Waals surface area contributed by atoms with E-state index in [9.17, 15) is 4.79 Å². The molecule has 2 aromatic rings. The zero-order valence-corrected chi connectivity index (χ0v) is 13.9. The van der Waals surface area contributed by atoms with E-state index < -0.39 is 0 Å². The van der Waals surface area contributed by atoms with Gasteiger partial charge >= 0.3 is 0 Å². The predicted molar refractivity (Wildman–Crippen MR) is 95.1 cm³/mol. The number of fused-ring (bicyclic) bond motifs is 1. The zero-order chi connectivity index (χ0) is 16.1. The number of halogens is 1. The van der Waals surface area contributed by atoms with E-state index in [-0.39, 0.29) is 5.91 Å². The summed E-state index contributed by atoms with van der Waals surface area (Å²) in [7, 11) is 0. The molecule has 1 aliphatic heterocycles. The number of hydrogen-bond donors (Lipinski definition) is 1. The van der Waals surface area contributed by atoms with Gasteiger partial charge in [-0.1, -0.05) is 41.9 Å². The lowest BCUT2D eigenvalue weighted by atomic mass is 10.0. The van der Waals surface area contributed by atoms with E-state index in [4.69, 9.17) is 11.6 Å². The lowest BCUT2D eigenvalue weighted by molar-refractivity contribution is -0.117. The average Bonchev–Trinajstić information content (AvgIpc) is 2.58. The highest BCUT2D eigenvalue weighted by molar-refractivity contribution is 6.30. The van der Waals surface area contributed by atoms with Gasteiger partial charge in [-0.15, -0.1) is 0 Å². The van der Waals surface area contributed by atoms with Gasteiger partial charge in [0.15, 0.2) is 0 Å². The van der Waals surface area contributed by atoms with E-state index in [1.807, 2.05) is 41.3 Å². The van der Waals surface area contributed by atoms with Crippen LogP contribution in [0.25, 0.3) is 0 Å². The summed E-state index contributed by atoms with van der Waals surface area (Å²) in [6.45, 7) is 1.95. The fraction of sp³-hybridized carbons (Fsp3) is 0.316. The van der Waals surface area contributed by atoms with Gasteiger partial charge in [-0.05, 0) is 55.1 Å². The molecule has 0 saturated heterocycles. The summed E-state index contributed by atoms with van der Waals surface area (Å²) in [5.41, 5.74) is 3.52. The molecule has 120 valence electrons. The van der Waals surface area contributed by atoms with Crippen LogP contribution in [0.3, 0.4) is 0 Å². The van der Waals surface area contributed by atoms with E-state index in [1.165, 1.54) is 11.1 Å². The van der Waals surface area contributed by atoms with E-state index >= 15 is 0 Å². The van der Waals surface area contributed by atoms with Crippen molar-refractivity contribution in [2.45, 2.75) is 19.3 Å². The summed E-state index contributed by atoms with van der Waals surface area (Å²) in [4.78, 5) is 14.4. The van der Waals surface area contributed by atoms with Crippen molar-refractivity contribution in [1.82, 2.24) is 5.32 Å². The van der Waals surface area contributed by atoms with Crippen LogP contribution in [0, 0.1) is 0 Å². The Labute approximate surface area is 142 Å². The monoisotopic (exact) mass is 328 g/mol. The molecular weight excluding hydrogens is 308 g/mol. The molecule has 1 N–H and O–H groups in total. The van der Waals surface area contributed by atoms with Gasteiger partial charge in [0.1, 0.15) is 0 Å². The van der Waals surface area contributed by atoms with E-state index in [2.05, 4.69) is 17.4 Å². The van der Waals surface area contributed by atoms with Crippen LogP contribution in [0.4, 0.5) is 5.69 Å². The van der Waals surface area contributed by atoms with Gasteiger partial charge in [-0.3, -0.25) is 4.79 Å². The highest BCUT2D eigenvalue weighted by Crippen LogP contribution is 2.26. The second-order valence-electron chi connectivity index (χ2n) is 5.83. The molecule has 1 amide bonds. The van der Waals surface area contributed by atoms with Crippen LogP contribution in [0.5, 0.6) is 0 Å². The summed E-state index contributed by atoms with van der Waals surface area (Å²) < 4.78 is 0. The van der Waals surface area contributed by atoms with Crippen LogP contribution in [0.1, 0.15) is 17.5 Å². The maximum absolute atomic E-state index is 12.5. The molecule has 23 heavy (non-hydrogen) atoms. The smallest absolute Gasteiger partial charge is 0.240 e. The second kappa shape index (κ2) is 7.62. The van der Waals surface area contributed by atoms with Crippen molar-refractivity contribution in [3.63, 3.8) is 0 Å². The molecule has 0 radical (unpaired) electrons. The molecule has 3 rings (SSSR count). The van der Waals surface area contributed by atoms with Gasteiger partial charge in [0.05, 0.1) is 6.54 Å². The number of nitrogens with zero attached hydrogens (tertiary/aromatic N) is 1. The molecule has 0 saturated carbocycles. The van der Waals surface area contributed by atoms with Crippen LogP contribution in [0.2, 0.25) is 5.02 Å². The summed E-state index contributed by atoms with van der Waals surface area (Å²) in [6, 6.07) is 16.0. The van der Waals surface area contributed by atoms with Gasteiger partial charge < -0.3 is 10.2 Å². The molecule has 0 aromatic heterocycles. The first-order valence-electron chi connectivity index (χ1n) is 8.07. The largest absolute Gasteiger partial charge is 0.311 e. The fourth-order valence-corrected chi connectivity index (χ4v) is 3.22. The number of rotatable bonds is 5. The fourth-order valence-electron chi connectivity index (χ4n) is 3.01. The van der Waals surface area contributed by atoms with E-state index in [1.54, 1.807) is 0 Å². The number of carbonyl (C=O) groups is 1. The SMILES string of the molecule is O=C(CNCCc1cccc(Cl)c1)N1CCCc2ccccc21. The van der Waals surface area contributed by atoms with Crippen molar-refractivity contribution >= 4 is 23.2 Å². The molecule has 0 atom stereocenters. The van der Waals surface area contributed by atoms with E-state index in [0.717, 1.165) is 43.1 Å². The molecular formula is C19H21ClN2O. The third kappa shape index (κ3) is 4.12. The highest BCUT2D eigenvalue weighted by Gasteiger charge is 2.21. The molecule has 1 heterocycles. The maximum Gasteiger partial charge on any atom is 0.240 e. The lowest BCUT2D eigenvalue weighted by Crippen LogP contribution is -2.41. The van der Waals surface area contributed by atoms with Crippen molar-refractivity contribution in [1.29, 1.82) is 0 Å². The number of carbonyl (C=O) groups excluding carboxylic acids is 1. The maximum atomic E-state index is 12.5. The van der Waals surface area contributed by atoms with Gasteiger partial charge in [0.2, 0.25) is 5.91 Å². The molecule has 0 spiro atoms. The first-order chi connectivity index (χ1) is 11.2. The molecule has 0 fully saturated rings. The van der Waals surface area contributed by atoms with Crippen LogP contribution >= 0.6 is 11.6 Å². The molecule has 1 aliphatic rings. The minimum Gasteiger partial charge on any atom is -0.311 e. The number of anilines is 1. The third-order valence-corrected chi connectivity index (χ3v) is 4.40. The Bertz CT molecular complexity index is 687. The van der Waals surface area contributed by atoms with Crippen LogP contribution < -0.4 is 10.2 Å². The Hall–Kier alpha value is -1.84. The second-order valence-corrected chi connectivity index (χ2v) is 6.27. The van der Waals surface area contributed by atoms with E-state index in [0.29, 0.717) is 6.54 Å². The first kappa shape index (κ1) is 16.0. The van der Waals surface area contributed by atoms with Gasteiger partial charge in [0, 0.05) is 17.3 Å².